The summed E-state index contributed by atoms with van der Waals surface area (Å²) in [5, 5.41) is 9.57. The van der Waals surface area contributed by atoms with E-state index in [4.69, 9.17) is 4.74 Å². The summed E-state index contributed by atoms with van der Waals surface area (Å²) in [4.78, 5) is 22.2. The lowest BCUT2D eigenvalue weighted by Crippen LogP contribution is -2.44. The Balaban J connectivity index is 2.87. The van der Waals surface area contributed by atoms with Gasteiger partial charge in [-0.2, -0.15) is 0 Å². The molecule has 1 rings (SSSR count). The monoisotopic (exact) mass is 186 g/mol. The van der Waals surface area contributed by atoms with Gasteiger partial charge in [-0.1, -0.05) is 0 Å². The number of hydrogen-bond donors (Lipinski definition) is 1. The van der Waals surface area contributed by atoms with Crippen molar-refractivity contribution < 1.29 is 24.2 Å². The average Bonchev–Trinajstić information content (AvgIpc) is 2.42. The van der Waals surface area contributed by atoms with Gasteiger partial charge in [0.05, 0.1) is 20.6 Å². The normalized spacial score (nSPS) is 27.0. The number of hydrogen-bond acceptors (Lipinski definition) is 5. The van der Waals surface area contributed by atoms with Gasteiger partial charge in [0.1, 0.15) is 5.76 Å². The molecule has 1 atom stereocenters. The van der Waals surface area contributed by atoms with Crippen LogP contribution in [0.2, 0.25) is 0 Å². The molecule has 0 saturated carbocycles. The molecular formula is C8H10O5. The minimum atomic E-state index is -2.08. The maximum Gasteiger partial charge on any atom is 0.346 e. The van der Waals surface area contributed by atoms with E-state index in [2.05, 4.69) is 4.74 Å². The maximum atomic E-state index is 11.2. The van der Waals surface area contributed by atoms with Crippen molar-refractivity contribution >= 4 is 11.8 Å². The Labute approximate surface area is 74.9 Å². The summed E-state index contributed by atoms with van der Waals surface area (Å²) in [5.41, 5.74) is -2.08. The number of aliphatic hydroxyl groups is 1. The molecule has 0 aliphatic heterocycles. The molecule has 0 aromatic carbocycles. The second-order valence-electron chi connectivity index (χ2n) is 2.71. The van der Waals surface area contributed by atoms with Crippen LogP contribution in [-0.4, -0.2) is 36.7 Å². The molecule has 1 aliphatic carbocycles. The zero-order valence-corrected chi connectivity index (χ0v) is 7.36. The van der Waals surface area contributed by atoms with Crippen LogP contribution >= 0.6 is 0 Å². The molecule has 0 bridgehead atoms. The molecule has 5 nitrogen and oxygen atoms in total. The predicted octanol–water partition coefficient (Wildman–Crippen LogP) is -0.606. The number of rotatable bonds is 2. The number of esters is 1. The largest absolute Gasteiger partial charge is 0.501 e. The highest BCUT2D eigenvalue weighted by Crippen LogP contribution is 2.27. The van der Waals surface area contributed by atoms with Crippen molar-refractivity contribution in [1.82, 2.24) is 0 Å². The summed E-state index contributed by atoms with van der Waals surface area (Å²) in [7, 11) is 2.47. The third kappa shape index (κ3) is 1.42. The van der Waals surface area contributed by atoms with Crippen LogP contribution in [0.5, 0.6) is 0 Å². The van der Waals surface area contributed by atoms with Gasteiger partial charge in [-0.25, -0.2) is 4.79 Å². The van der Waals surface area contributed by atoms with Crippen LogP contribution in [-0.2, 0) is 19.1 Å². The lowest BCUT2D eigenvalue weighted by molar-refractivity contribution is -0.165. The smallest absolute Gasteiger partial charge is 0.346 e. The van der Waals surface area contributed by atoms with Crippen molar-refractivity contribution in [3.8, 4) is 0 Å². The van der Waals surface area contributed by atoms with E-state index in [1.54, 1.807) is 0 Å². The molecule has 5 heteroatoms. The summed E-state index contributed by atoms with van der Waals surface area (Å²) in [6.07, 6.45) is 0.936. The van der Waals surface area contributed by atoms with E-state index >= 15 is 0 Å². The number of carbonyl (C=O) groups is 2. The maximum absolute atomic E-state index is 11.2. The van der Waals surface area contributed by atoms with Crippen LogP contribution in [0.1, 0.15) is 6.42 Å². The topological polar surface area (TPSA) is 72.8 Å². The van der Waals surface area contributed by atoms with Gasteiger partial charge in [0, 0.05) is 6.08 Å². The molecule has 13 heavy (non-hydrogen) atoms. The SMILES string of the molecule is COC(=O)C1(O)CC(OC)=CC1=O. The molecule has 0 heterocycles. The molecule has 0 fully saturated rings. The highest BCUT2D eigenvalue weighted by molar-refractivity contribution is 6.14. The van der Waals surface area contributed by atoms with Gasteiger partial charge in [-0.3, -0.25) is 4.79 Å². The lowest BCUT2D eigenvalue weighted by Gasteiger charge is -2.16. The molecule has 1 unspecified atom stereocenters. The number of methoxy groups -OCH3 is 2. The molecule has 0 amide bonds. The van der Waals surface area contributed by atoms with Crippen molar-refractivity contribution in [2.24, 2.45) is 0 Å². The highest BCUT2D eigenvalue weighted by Gasteiger charge is 2.49. The van der Waals surface area contributed by atoms with Crippen LogP contribution in [0.15, 0.2) is 11.8 Å². The fourth-order valence-corrected chi connectivity index (χ4v) is 1.13. The van der Waals surface area contributed by atoms with E-state index < -0.39 is 17.4 Å². The van der Waals surface area contributed by atoms with Crippen molar-refractivity contribution in [2.75, 3.05) is 14.2 Å². The Morgan fingerprint density at radius 1 is 1.62 bits per heavy atom. The quantitative estimate of drug-likeness (QED) is 0.460. The molecule has 72 valence electrons. The van der Waals surface area contributed by atoms with Crippen molar-refractivity contribution in [1.29, 1.82) is 0 Å². The van der Waals surface area contributed by atoms with Crippen LogP contribution in [0.25, 0.3) is 0 Å². The third-order valence-corrected chi connectivity index (χ3v) is 1.92. The fourth-order valence-electron chi connectivity index (χ4n) is 1.13. The van der Waals surface area contributed by atoms with Gasteiger partial charge in [0.2, 0.25) is 11.4 Å². The fraction of sp³-hybridized carbons (Fsp3) is 0.500. The molecule has 0 radical (unpaired) electrons. The van der Waals surface area contributed by atoms with Crippen LogP contribution in [0.3, 0.4) is 0 Å². The third-order valence-electron chi connectivity index (χ3n) is 1.92. The zero-order chi connectivity index (χ0) is 10.1. The van der Waals surface area contributed by atoms with Gasteiger partial charge in [-0.05, 0) is 0 Å². The minimum absolute atomic E-state index is 0.158. The highest BCUT2D eigenvalue weighted by atomic mass is 16.5. The second-order valence-corrected chi connectivity index (χ2v) is 2.71. The summed E-state index contributed by atoms with van der Waals surface area (Å²) in [6.45, 7) is 0. The Bertz CT molecular complexity index is 280. The van der Waals surface area contributed by atoms with Gasteiger partial charge >= 0.3 is 5.97 Å². The van der Waals surface area contributed by atoms with Crippen LogP contribution in [0, 0.1) is 0 Å². The van der Waals surface area contributed by atoms with E-state index in [-0.39, 0.29) is 12.2 Å². The summed E-state index contributed by atoms with van der Waals surface area (Å²) in [6, 6.07) is 0. The number of ether oxygens (including phenoxy) is 2. The summed E-state index contributed by atoms with van der Waals surface area (Å²) in [5.74, 6) is -1.38. The average molecular weight is 186 g/mol. The lowest BCUT2D eigenvalue weighted by atomic mass is 10.0. The zero-order valence-electron chi connectivity index (χ0n) is 7.36. The van der Waals surface area contributed by atoms with E-state index in [1.807, 2.05) is 0 Å². The summed E-state index contributed by atoms with van der Waals surface area (Å²) >= 11 is 0. The van der Waals surface area contributed by atoms with Gasteiger partial charge in [-0.15, -0.1) is 0 Å². The number of ketones is 1. The standard InChI is InChI=1S/C8H10O5/c1-12-5-3-6(9)8(11,4-5)7(10)13-2/h3,11H,4H2,1-2H3. The van der Waals surface area contributed by atoms with Crippen molar-refractivity contribution in [3.05, 3.63) is 11.8 Å². The van der Waals surface area contributed by atoms with E-state index in [1.165, 1.54) is 7.11 Å². The predicted molar refractivity (Wildman–Crippen MR) is 41.7 cm³/mol. The minimum Gasteiger partial charge on any atom is -0.501 e. The van der Waals surface area contributed by atoms with Crippen LogP contribution in [0.4, 0.5) is 0 Å². The van der Waals surface area contributed by atoms with Crippen LogP contribution < -0.4 is 0 Å². The Morgan fingerprint density at radius 2 is 2.23 bits per heavy atom. The molecular weight excluding hydrogens is 176 g/mol. The van der Waals surface area contributed by atoms with Crippen molar-refractivity contribution in [3.63, 3.8) is 0 Å². The summed E-state index contributed by atoms with van der Waals surface area (Å²) < 4.78 is 9.05. The molecule has 0 spiro atoms. The Kier molecular flexibility index (Phi) is 2.38. The first-order valence-corrected chi connectivity index (χ1v) is 3.64. The van der Waals surface area contributed by atoms with Crippen molar-refractivity contribution in [2.45, 2.75) is 12.0 Å². The van der Waals surface area contributed by atoms with Gasteiger partial charge in [0.15, 0.2) is 0 Å². The first-order valence-electron chi connectivity index (χ1n) is 3.64. The molecule has 1 aliphatic rings. The first-order chi connectivity index (χ1) is 6.04. The first kappa shape index (κ1) is 9.73. The Morgan fingerprint density at radius 3 is 2.62 bits per heavy atom. The Hall–Kier alpha value is -1.36. The van der Waals surface area contributed by atoms with Gasteiger partial charge < -0.3 is 14.6 Å². The number of carbonyl (C=O) groups excluding carboxylic acids is 2. The van der Waals surface area contributed by atoms with E-state index in [0.717, 1.165) is 13.2 Å². The molecule has 0 aromatic rings. The van der Waals surface area contributed by atoms with E-state index in [0.29, 0.717) is 0 Å². The van der Waals surface area contributed by atoms with E-state index in [9.17, 15) is 14.7 Å². The molecule has 1 N–H and O–H groups in total. The van der Waals surface area contributed by atoms with Gasteiger partial charge in [0.25, 0.3) is 0 Å². The molecule has 0 aromatic heterocycles. The second kappa shape index (κ2) is 3.18. The molecule has 0 saturated heterocycles.